The van der Waals surface area contributed by atoms with E-state index >= 15 is 0 Å². The predicted octanol–water partition coefficient (Wildman–Crippen LogP) is 2.78. The number of anilines is 1. The summed E-state index contributed by atoms with van der Waals surface area (Å²) in [6.45, 7) is 0.132. The van der Waals surface area contributed by atoms with Gasteiger partial charge in [-0.25, -0.2) is 12.8 Å². The van der Waals surface area contributed by atoms with Gasteiger partial charge in [0.25, 0.3) is 5.91 Å². The van der Waals surface area contributed by atoms with Crippen LogP contribution in [0.15, 0.2) is 42.5 Å². The molecule has 0 saturated carbocycles. The molecular weight excluding hydrogens is 343 g/mol. The number of rotatable bonds is 5. The number of hydrogen-bond donors (Lipinski definition) is 2. The zero-order valence-electron chi connectivity index (χ0n) is 12.1. The average molecular weight is 357 g/mol. The van der Waals surface area contributed by atoms with Crippen LogP contribution in [0.3, 0.4) is 0 Å². The Balaban J connectivity index is 2.21. The number of halogens is 2. The highest BCUT2D eigenvalue weighted by Gasteiger charge is 2.15. The van der Waals surface area contributed by atoms with E-state index in [1.165, 1.54) is 6.07 Å². The highest BCUT2D eigenvalue weighted by molar-refractivity contribution is 7.92. The fourth-order valence-corrected chi connectivity index (χ4v) is 2.69. The third-order valence-electron chi connectivity index (χ3n) is 2.92. The molecule has 0 saturated heterocycles. The predicted molar refractivity (Wildman–Crippen MR) is 87.5 cm³/mol. The van der Waals surface area contributed by atoms with E-state index in [2.05, 4.69) is 10.0 Å². The van der Waals surface area contributed by atoms with Crippen LogP contribution in [0.5, 0.6) is 0 Å². The molecule has 0 unspecified atom stereocenters. The average Bonchev–Trinajstić information content (AvgIpc) is 2.46. The summed E-state index contributed by atoms with van der Waals surface area (Å²) in [6.07, 6.45) is 0.946. The molecule has 2 rings (SSSR count). The quantitative estimate of drug-likeness (QED) is 0.865. The largest absolute Gasteiger partial charge is 0.348 e. The van der Waals surface area contributed by atoms with Gasteiger partial charge in [-0.1, -0.05) is 29.8 Å². The zero-order chi connectivity index (χ0) is 17.0. The Kier molecular flexibility index (Phi) is 5.23. The van der Waals surface area contributed by atoms with E-state index in [0.29, 0.717) is 10.6 Å². The molecule has 0 atom stereocenters. The molecule has 2 aromatic carbocycles. The second kappa shape index (κ2) is 6.97. The van der Waals surface area contributed by atoms with Crippen LogP contribution in [0.4, 0.5) is 10.1 Å². The van der Waals surface area contributed by atoms with Crippen molar-refractivity contribution in [2.24, 2.45) is 0 Å². The Morgan fingerprint density at radius 3 is 2.57 bits per heavy atom. The SMILES string of the molecule is CS(=O)(=O)Nc1ccc(F)cc1C(=O)NCc1ccccc1Cl. The second-order valence-corrected chi connectivity index (χ2v) is 6.99. The van der Waals surface area contributed by atoms with Crippen molar-refractivity contribution in [2.75, 3.05) is 11.0 Å². The minimum atomic E-state index is -3.59. The highest BCUT2D eigenvalue weighted by Crippen LogP contribution is 2.19. The molecule has 0 aliphatic heterocycles. The lowest BCUT2D eigenvalue weighted by Gasteiger charge is -2.12. The first kappa shape index (κ1) is 17.2. The van der Waals surface area contributed by atoms with Crippen molar-refractivity contribution in [3.63, 3.8) is 0 Å². The molecule has 122 valence electrons. The zero-order valence-corrected chi connectivity index (χ0v) is 13.7. The number of hydrogen-bond acceptors (Lipinski definition) is 3. The van der Waals surface area contributed by atoms with Crippen LogP contribution in [0.2, 0.25) is 5.02 Å². The van der Waals surface area contributed by atoms with Gasteiger partial charge in [-0.2, -0.15) is 0 Å². The van der Waals surface area contributed by atoms with Gasteiger partial charge in [-0.3, -0.25) is 9.52 Å². The summed E-state index contributed by atoms with van der Waals surface area (Å²) < 4.78 is 38.2. The van der Waals surface area contributed by atoms with Crippen molar-refractivity contribution in [3.05, 3.63) is 64.4 Å². The normalized spacial score (nSPS) is 11.1. The minimum absolute atomic E-state index is 0.00515. The first-order chi connectivity index (χ1) is 10.8. The molecule has 0 aliphatic rings. The molecule has 0 bridgehead atoms. The van der Waals surface area contributed by atoms with Gasteiger partial charge >= 0.3 is 0 Å². The lowest BCUT2D eigenvalue weighted by Crippen LogP contribution is -2.25. The molecule has 5 nitrogen and oxygen atoms in total. The van der Waals surface area contributed by atoms with E-state index < -0.39 is 21.7 Å². The Bertz CT molecular complexity index is 840. The summed E-state index contributed by atoms with van der Waals surface area (Å²) in [5, 5.41) is 3.07. The van der Waals surface area contributed by atoms with Gasteiger partial charge in [-0.15, -0.1) is 0 Å². The van der Waals surface area contributed by atoms with Crippen molar-refractivity contribution in [1.29, 1.82) is 0 Å². The standard InChI is InChI=1S/C15H14ClFN2O3S/c1-23(21,22)19-14-7-6-11(17)8-12(14)15(20)18-9-10-4-2-3-5-13(10)16/h2-8,19H,9H2,1H3,(H,18,20). The lowest BCUT2D eigenvalue weighted by molar-refractivity contribution is 0.0951. The summed E-state index contributed by atoms with van der Waals surface area (Å²) >= 11 is 5.99. The summed E-state index contributed by atoms with van der Waals surface area (Å²) in [4.78, 5) is 12.2. The third-order valence-corrected chi connectivity index (χ3v) is 3.88. The van der Waals surface area contributed by atoms with Gasteiger partial charge in [0.1, 0.15) is 5.82 Å². The van der Waals surface area contributed by atoms with Crippen molar-refractivity contribution in [2.45, 2.75) is 6.54 Å². The molecule has 0 aromatic heterocycles. The molecule has 0 spiro atoms. The van der Waals surface area contributed by atoms with Gasteiger partial charge in [0, 0.05) is 11.6 Å². The number of benzene rings is 2. The molecule has 8 heteroatoms. The molecule has 0 aliphatic carbocycles. The van der Waals surface area contributed by atoms with E-state index in [1.54, 1.807) is 24.3 Å². The fourth-order valence-electron chi connectivity index (χ4n) is 1.91. The fraction of sp³-hybridized carbons (Fsp3) is 0.133. The smallest absolute Gasteiger partial charge is 0.253 e. The van der Waals surface area contributed by atoms with Crippen LogP contribution < -0.4 is 10.0 Å². The van der Waals surface area contributed by atoms with Gasteiger partial charge in [0.2, 0.25) is 10.0 Å². The van der Waals surface area contributed by atoms with E-state index in [0.717, 1.165) is 18.4 Å². The molecule has 23 heavy (non-hydrogen) atoms. The lowest BCUT2D eigenvalue weighted by atomic mass is 10.1. The summed E-state index contributed by atoms with van der Waals surface area (Å²) in [5.41, 5.74) is 0.588. The van der Waals surface area contributed by atoms with Crippen LogP contribution in [0, 0.1) is 5.82 Å². The molecule has 2 aromatic rings. The van der Waals surface area contributed by atoms with Gasteiger partial charge in [0.15, 0.2) is 0 Å². The van der Waals surface area contributed by atoms with Crippen molar-refractivity contribution in [3.8, 4) is 0 Å². The van der Waals surface area contributed by atoms with E-state index in [4.69, 9.17) is 11.6 Å². The van der Waals surface area contributed by atoms with Crippen LogP contribution in [0.1, 0.15) is 15.9 Å². The minimum Gasteiger partial charge on any atom is -0.348 e. The Morgan fingerprint density at radius 1 is 1.22 bits per heavy atom. The molecule has 0 heterocycles. The summed E-state index contributed by atoms with van der Waals surface area (Å²) in [5.74, 6) is -1.26. The topological polar surface area (TPSA) is 75.3 Å². The van der Waals surface area contributed by atoms with Crippen LogP contribution in [-0.4, -0.2) is 20.6 Å². The second-order valence-electron chi connectivity index (χ2n) is 4.84. The van der Waals surface area contributed by atoms with Crippen LogP contribution in [-0.2, 0) is 16.6 Å². The van der Waals surface area contributed by atoms with Crippen molar-refractivity contribution >= 4 is 33.2 Å². The maximum atomic E-state index is 13.4. The molecule has 0 fully saturated rings. The molecular formula is C15H14ClFN2O3S. The maximum absolute atomic E-state index is 13.4. The Hall–Kier alpha value is -2.12. The van der Waals surface area contributed by atoms with Gasteiger partial charge in [0.05, 0.1) is 17.5 Å². The monoisotopic (exact) mass is 356 g/mol. The number of nitrogens with one attached hydrogen (secondary N) is 2. The summed E-state index contributed by atoms with van der Waals surface area (Å²) in [6, 6.07) is 10.2. The third kappa shape index (κ3) is 4.94. The van der Waals surface area contributed by atoms with E-state index in [1.807, 2.05) is 0 Å². The van der Waals surface area contributed by atoms with Gasteiger partial charge < -0.3 is 5.32 Å². The first-order valence-corrected chi connectivity index (χ1v) is 8.82. The highest BCUT2D eigenvalue weighted by atomic mass is 35.5. The molecule has 1 amide bonds. The number of amides is 1. The van der Waals surface area contributed by atoms with Crippen molar-refractivity contribution < 1.29 is 17.6 Å². The Labute approximate surface area is 138 Å². The number of sulfonamides is 1. The van der Waals surface area contributed by atoms with Crippen LogP contribution in [0.25, 0.3) is 0 Å². The molecule has 2 N–H and O–H groups in total. The van der Waals surface area contributed by atoms with E-state index in [-0.39, 0.29) is 17.8 Å². The maximum Gasteiger partial charge on any atom is 0.253 e. The van der Waals surface area contributed by atoms with Gasteiger partial charge in [-0.05, 0) is 29.8 Å². The van der Waals surface area contributed by atoms with Crippen LogP contribution >= 0.6 is 11.6 Å². The Morgan fingerprint density at radius 2 is 1.91 bits per heavy atom. The summed E-state index contributed by atoms with van der Waals surface area (Å²) in [7, 11) is -3.59. The number of carbonyl (C=O) groups is 1. The van der Waals surface area contributed by atoms with E-state index in [9.17, 15) is 17.6 Å². The van der Waals surface area contributed by atoms with Crippen molar-refractivity contribution in [1.82, 2.24) is 5.32 Å². The molecule has 0 radical (unpaired) electrons. The number of carbonyl (C=O) groups excluding carboxylic acids is 1. The first-order valence-electron chi connectivity index (χ1n) is 6.55.